The van der Waals surface area contributed by atoms with Gasteiger partial charge in [0, 0.05) is 6.04 Å². The minimum absolute atomic E-state index is 0.667. The van der Waals surface area contributed by atoms with E-state index in [0.717, 1.165) is 6.04 Å². The molecule has 0 heterocycles. The molecule has 72 valence electrons. The highest BCUT2D eigenvalue weighted by atomic mass is 14.9. The van der Waals surface area contributed by atoms with Crippen LogP contribution in [0.2, 0.25) is 0 Å². The SMILES string of the molecule is C=C(C)N.CNC1CCCCC1. The van der Waals surface area contributed by atoms with Crippen LogP contribution >= 0.6 is 0 Å². The summed E-state index contributed by atoms with van der Waals surface area (Å²) in [6.45, 7) is 5.08. The quantitative estimate of drug-likeness (QED) is 0.632. The van der Waals surface area contributed by atoms with Crippen LogP contribution in [0.3, 0.4) is 0 Å². The topological polar surface area (TPSA) is 38.0 Å². The average Bonchev–Trinajstić information content (AvgIpc) is 2.05. The van der Waals surface area contributed by atoms with Crippen molar-refractivity contribution in [2.24, 2.45) is 5.73 Å². The van der Waals surface area contributed by atoms with Crippen LogP contribution in [-0.4, -0.2) is 13.1 Å². The van der Waals surface area contributed by atoms with Crippen LogP contribution in [0.15, 0.2) is 12.3 Å². The summed E-state index contributed by atoms with van der Waals surface area (Å²) in [6, 6.07) is 0.837. The van der Waals surface area contributed by atoms with Crippen molar-refractivity contribution in [3.63, 3.8) is 0 Å². The van der Waals surface area contributed by atoms with Crippen molar-refractivity contribution in [3.05, 3.63) is 12.3 Å². The van der Waals surface area contributed by atoms with Gasteiger partial charge in [-0.05, 0) is 32.5 Å². The summed E-state index contributed by atoms with van der Waals surface area (Å²) in [5.41, 5.74) is 5.58. The van der Waals surface area contributed by atoms with E-state index in [1.165, 1.54) is 32.1 Å². The third-order valence-electron chi connectivity index (χ3n) is 2.01. The Morgan fingerprint density at radius 1 is 1.33 bits per heavy atom. The molecule has 1 aliphatic rings. The van der Waals surface area contributed by atoms with Gasteiger partial charge in [-0.1, -0.05) is 25.8 Å². The third kappa shape index (κ3) is 7.61. The molecule has 1 rings (SSSR count). The molecule has 1 saturated carbocycles. The fraction of sp³-hybridized carbons (Fsp3) is 0.800. The summed E-state index contributed by atoms with van der Waals surface area (Å²) in [4.78, 5) is 0. The molecule has 12 heavy (non-hydrogen) atoms. The summed E-state index contributed by atoms with van der Waals surface area (Å²) in [5.74, 6) is 0. The van der Waals surface area contributed by atoms with Gasteiger partial charge in [-0.3, -0.25) is 0 Å². The number of nitrogens with one attached hydrogen (secondary N) is 1. The summed E-state index contributed by atoms with van der Waals surface area (Å²) >= 11 is 0. The van der Waals surface area contributed by atoms with E-state index < -0.39 is 0 Å². The van der Waals surface area contributed by atoms with Gasteiger partial charge in [0.05, 0.1) is 0 Å². The van der Waals surface area contributed by atoms with Gasteiger partial charge in [-0.2, -0.15) is 0 Å². The van der Waals surface area contributed by atoms with Gasteiger partial charge in [-0.15, -0.1) is 0 Å². The highest BCUT2D eigenvalue weighted by Crippen LogP contribution is 2.16. The molecule has 0 atom stereocenters. The third-order valence-corrected chi connectivity index (χ3v) is 2.01. The Morgan fingerprint density at radius 3 is 2.00 bits per heavy atom. The first-order valence-corrected chi connectivity index (χ1v) is 4.75. The molecule has 0 unspecified atom stereocenters. The predicted octanol–water partition coefficient (Wildman–Crippen LogP) is 2.02. The van der Waals surface area contributed by atoms with E-state index in [1.807, 2.05) is 0 Å². The Balaban J connectivity index is 0.000000261. The Morgan fingerprint density at radius 2 is 1.75 bits per heavy atom. The van der Waals surface area contributed by atoms with E-state index in [-0.39, 0.29) is 0 Å². The monoisotopic (exact) mass is 170 g/mol. The van der Waals surface area contributed by atoms with E-state index in [4.69, 9.17) is 5.73 Å². The summed E-state index contributed by atoms with van der Waals surface area (Å²) in [5, 5.41) is 3.30. The van der Waals surface area contributed by atoms with E-state index in [0.29, 0.717) is 5.70 Å². The number of rotatable bonds is 1. The summed E-state index contributed by atoms with van der Waals surface area (Å²) in [7, 11) is 2.07. The van der Waals surface area contributed by atoms with Crippen molar-refractivity contribution in [2.45, 2.75) is 45.1 Å². The fourth-order valence-electron chi connectivity index (χ4n) is 1.39. The van der Waals surface area contributed by atoms with Crippen LogP contribution in [-0.2, 0) is 0 Å². The zero-order valence-electron chi connectivity index (χ0n) is 8.40. The maximum absolute atomic E-state index is 4.92. The first-order chi connectivity index (χ1) is 5.66. The van der Waals surface area contributed by atoms with E-state index in [2.05, 4.69) is 18.9 Å². The molecule has 0 aliphatic heterocycles. The fourth-order valence-corrected chi connectivity index (χ4v) is 1.39. The van der Waals surface area contributed by atoms with Crippen molar-refractivity contribution < 1.29 is 0 Å². The Kier molecular flexibility index (Phi) is 6.87. The molecule has 0 bridgehead atoms. The van der Waals surface area contributed by atoms with Crippen molar-refractivity contribution in [1.82, 2.24) is 5.32 Å². The lowest BCUT2D eigenvalue weighted by atomic mass is 9.96. The highest BCUT2D eigenvalue weighted by molar-refractivity contribution is 4.76. The first-order valence-electron chi connectivity index (χ1n) is 4.75. The number of hydrogen-bond acceptors (Lipinski definition) is 2. The Hall–Kier alpha value is -0.500. The molecule has 0 spiro atoms. The molecule has 0 aromatic carbocycles. The van der Waals surface area contributed by atoms with Crippen molar-refractivity contribution in [1.29, 1.82) is 0 Å². The number of hydrogen-bond donors (Lipinski definition) is 2. The molecule has 0 saturated heterocycles. The van der Waals surface area contributed by atoms with Crippen molar-refractivity contribution >= 4 is 0 Å². The standard InChI is InChI=1S/C7H15N.C3H7N/c1-8-7-5-3-2-4-6-7;1-3(2)4/h7-8H,2-6H2,1H3;1,4H2,2H3. The second-order valence-corrected chi connectivity index (χ2v) is 3.47. The zero-order chi connectivity index (χ0) is 9.40. The minimum atomic E-state index is 0.667. The van der Waals surface area contributed by atoms with Gasteiger partial charge >= 0.3 is 0 Å². The lowest BCUT2D eigenvalue weighted by molar-refractivity contribution is 0.394. The van der Waals surface area contributed by atoms with Crippen LogP contribution in [0.4, 0.5) is 0 Å². The minimum Gasteiger partial charge on any atom is -0.403 e. The van der Waals surface area contributed by atoms with Gasteiger partial charge in [0.1, 0.15) is 0 Å². The Bertz CT molecular complexity index is 111. The van der Waals surface area contributed by atoms with Gasteiger partial charge in [-0.25, -0.2) is 0 Å². The normalized spacial score (nSPS) is 17.8. The predicted molar refractivity (Wildman–Crippen MR) is 54.9 cm³/mol. The maximum Gasteiger partial charge on any atom is 0.00640 e. The molecule has 1 fully saturated rings. The van der Waals surface area contributed by atoms with E-state index in [9.17, 15) is 0 Å². The van der Waals surface area contributed by atoms with Gasteiger partial charge in [0.25, 0.3) is 0 Å². The molecular weight excluding hydrogens is 148 g/mol. The molecule has 1 aliphatic carbocycles. The number of nitrogens with two attached hydrogens (primary N) is 1. The largest absolute Gasteiger partial charge is 0.403 e. The summed E-state index contributed by atoms with van der Waals surface area (Å²) in [6.07, 6.45) is 7.13. The van der Waals surface area contributed by atoms with Crippen LogP contribution in [0.1, 0.15) is 39.0 Å². The molecular formula is C10H22N2. The molecule has 2 heteroatoms. The van der Waals surface area contributed by atoms with Crippen molar-refractivity contribution in [2.75, 3.05) is 7.05 Å². The molecule has 0 radical (unpaired) electrons. The second-order valence-electron chi connectivity index (χ2n) is 3.47. The molecule has 2 nitrogen and oxygen atoms in total. The molecule has 3 N–H and O–H groups in total. The second kappa shape index (κ2) is 7.17. The summed E-state index contributed by atoms with van der Waals surface area (Å²) < 4.78 is 0. The maximum atomic E-state index is 4.92. The van der Waals surface area contributed by atoms with Crippen LogP contribution in [0.5, 0.6) is 0 Å². The Labute approximate surface area is 76.2 Å². The first kappa shape index (κ1) is 11.5. The van der Waals surface area contributed by atoms with Crippen LogP contribution in [0, 0.1) is 0 Å². The van der Waals surface area contributed by atoms with Crippen molar-refractivity contribution in [3.8, 4) is 0 Å². The number of allylic oxidation sites excluding steroid dienone is 1. The van der Waals surface area contributed by atoms with Gasteiger partial charge in [0.2, 0.25) is 0 Å². The molecule has 0 amide bonds. The lowest BCUT2D eigenvalue weighted by Gasteiger charge is -2.20. The van der Waals surface area contributed by atoms with Crippen LogP contribution < -0.4 is 11.1 Å². The van der Waals surface area contributed by atoms with E-state index in [1.54, 1.807) is 6.92 Å². The highest BCUT2D eigenvalue weighted by Gasteiger charge is 2.09. The molecule has 0 aromatic rings. The van der Waals surface area contributed by atoms with Gasteiger partial charge in [0.15, 0.2) is 0 Å². The lowest BCUT2D eigenvalue weighted by Crippen LogP contribution is -2.26. The smallest absolute Gasteiger partial charge is 0.00640 e. The van der Waals surface area contributed by atoms with Gasteiger partial charge < -0.3 is 11.1 Å². The van der Waals surface area contributed by atoms with Crippen LogP contribution in [0.25, 0.3) is 0 Å². The molecule has 0 aromatic heterocycles. The van der Waals surface area contributed by atoms with E-state index >= 15 is 0 Å². The average molecular weight is 170 g/mol. The zero-order valence-corrected chi connectivity index (χ0v) is 8.40.